The Morgan fingerprint density at radius 1 is 0.527 bits per heavy atom. The van der Waals surface area contributed by atoms with E-state index in [0.29, 0.717) is 6.92 Å². The largest absolute Gasteiger partial charge is 0.522 e. The molecule has 11 unspecified atom stereocenters. The summed E-state index contributed by atoms with van der Waals surface area (Å²) in [6, 6.07) is 0. The van der Waals surface area contributed by atoms with Crippen LogP contribution in [0.25, 0.3) is 0 Å². The number of hydrogen-bond acceptors (Lipinski definition) is 23. The molecule has 0 radical (unpaired) electrons. The van der Waals surface area contributed by atoms with Crippen molar-refractivity contribution in [1.82, 2.24) is 0 Å². The Balaban J connectivity index is 0.000000547. The minimum Gasteiger partial charge on any atom is -0.287 e. The molecule has 0 N–H and O–H groups in total. The van der Waals surface area contributed by atoms with Crippen LogP contribution in [0.3, 0.4) is 0 Å². The van der Waals surface area contributed by atoms with E-state index < -0.39 is 239 Å². The van der Waals surface area contributed by atoms with Crippen molar-refractivity contribution < 1.29 is 215 Å². The molecule has 6 rings (SSSR count). The van der Waals surface area contributed by atoms with Gasteiger partial charge in [-0.2, -0.15) is 132 Å². The molecule has 0 aliphatic carbocycles. The van der Waals surface area contributed by atoms with Crippen LogP contribution in [-0.4, -0.2) is 181 Å². The van der Waals surface area contributed by atoms with E-state index in [1.54, 1.807) is 0 Å². The molecule has 6 saturated heterocycles. The van der Waals surface area contributed by atoms with Crippen LogP contribution in [0.2, 0.25) is 0 Å². The van der Waals surface area contributed by atoms with Crippen LogP contribution in [0.15, 0.2) is 12.4 Å². The van der Waals surface area contributed by atoms with E-state index in [9.17, 15) is 185 Å². The molecule has 0 spiro atoms. The highest BCUT2D eigenvalue weighted by Gasteiger charge is 2.83. The quantitative estimate of drug-likeness (QED) is 0.0538. The average Bonchev–Trinajstić information content (AvgIpc) is 0.758. The molecule has 0 aromatic carbocycles. The molecule has 0 aromatic rings. The first-order valence-electron chi connectivity index (χ1n) is 21.1. The second-order valence-corrected chi connectivity index (χ2v) is 32.3. The topological polar surface area (TPSA) is 338 Å². The fourth-order valence-corrected chi connectivity index (χ4v) is 14.4. The Morgan fingerprint density at radius 3 is 1.07 bits per heavy atom. The van der Waals surface area contributed by atoms with Gasteiger partial charge < -0.3 is 0 Å². The van der Waals surface area contributed by atoms with Gasteiger partial charge in [-0.3, -0.25) is 9.13 Å². The van der Waals surface area contributed by atoms with Crippen LogP contribution in [-0.2, 0) is 111 Å². The minimum absolute atomic E-state index is 0.168. The number of hydrogen-bond donors (Lipinski definition) is 0. The minimum atomic E-state index is -5.97. The van der Waals surface area contributed by atoms with Crippen molar-refractivity contribution in [2.75, 3.05) is 19.2 Å². The summed E-state index contributed by atoms with van der Waals surface area (Å²) in [5, 5.41) is -28.9. The summed E-state index contributed by atoms with van der Waals surface area (Å²) in [7, 11) is -42.6. The van der Waals surface area contributed by atoms with Gasteiger partial charge in [0.25, 0.3) is 10.9 Å². The molecule has 0 amide bonds. The summed E-state index contributed by atoms with van der Waals surface area (Å²) >= 11 is 15.6. The zero-order valence-electron chi connectivity index (χ0n) is 42.0. The Hall–Kier alpha value is -1.96. The third kappa shape index (κ3) is 17.3. The van der Waals surface area contributed by atoms with Crippen LogP contribution in [0.1, 0.15) is 51.9 Å². The summed E-state index contributed by atoms with van der Waals surface area (Å²) in [4.78, 5) is 0. The van der Waals surface area contributed by atoms with E-state index in [-0.39, 0.29) is 5.88 Å². The van der Waals surface area contributed by atoms with E-state index in [2.05, 4.69) is 36.4 Å². The van der Waals surface area contributed by atoms with E-state index in [1.165, 1.54) is 0 Å². The summed E-state index contributed by atoms with van der Waals surface area (Å²) in [6.07, 6.45) is -40.2. The molecule has 6 aliphatic heterocycles. The third-order valence-electron chi connectivity index (χ3n) is 10.7. The van der Waals surface area contributed by atoms with Crippen LogP contribution in [0.5, 0.6) is 0 Å². The van der Waals surface area contributed by atoms with Crippen LogP contribution < -0.4 is 0 Å². The van der Waals surface area contributed by atoms with Gasteiger partial charge in [0.05, 0.1) is 37.1 Å². The fourth-order valence-electron chi connectivity index (χ4n) is 5.79. The normalized spacial score (nSPS) is 35.4. The van der Waals surface area contributed by atoms with Crippen LogP contribution >= 0.6 is 34.8 Å². The third-order valence-corrected chi connectivity index (χ3v) is 23.4. The van der Waals surface area contributed by atoms with Gasteiger partial charge in [-0.05, 0) is 0 Å². The van der Waals surface area contributed by atoms with Gasteiger partial charge in [0.15, 0.2) is 5.13 Å². The lowest BCUT2D eigenvalue weighted by atomic mass is 10.1. The highest BCUT2D eigenvalue weighted by Crippen LogP contribution is 2.58. The van der Waals surface area contributed by atoms with Gasteiger partial charge in [0.1, 0.15) is 6.61 Å². The molecule has 0 bridgehead atoms. The summed E-state index contributed by atoms with van der Waals surface area (Å²) in [6.45, 7) is -0.534. The summed E-state index contributed by atoms with van der Waals surface area (Å²) in [5.41, 5.74) is -7.00. The highest BCUT2D eigenvalue weighted by molar-refractivity contribution is 7.91. The van der Waals surface area contributed by atoms with Gasteiger partial charge in [-0.15, -0.1) is 44.1 Å². The Morgan fingerprint density at radius 2 is 0.846 bits per heavy atom. The number of ether oxygens (including phenoxy) is 1. The zero-order chi connectivity index (χ0) is 73.3. The number of halogens is 30. The molecule has 0 aromatic heterocycles. The van der Waals surface area contributed by atoms with Crippen molar-refractivity contribution in [3.8, 4) is 0 Å². The van der Waals surface area contributed by atoms with Crippen molar-refractivity contribution >= 4 is 116 Å². The summed E-state index contributed by atoms with van der Waals surface area (Å²) < 4.78 is 523. The monoisotopic (exact) mass is 1630 g/mol. The van der Waals surface area contributed by atoms with Gasteiger partial charge in [-0.25, -0.2) is 52.5 Å². The van der Waals surface area contributed by atoms with Crippen molar-refractivity contribution in [1.29, 1.82) is 0 Å². The van der Waals surface area contributed by atoms with Gasteiger partial charge >= 0.3 is 143 Å². The average molecular weight is 1630 g/mol. The maximum absolute atomic E-state index is 13.7. The van der Waals surface area contributed by atoms with Crippen molar-refractivity contribution in [2.24, 2.45) is 0 Å². The highest BCUT2D eigenvalue weighted by atomic mass is 35.5. The molecule has 91 heavy (non-hydrogen) atoms. The van der Waals surface area contributed by atoms with E-state index in [4.69, 9.17) is 34.8 Å². The molecule has 6 fully saturated rings. The molecule has 6 aliphatic rings. The van der Waals surface area contributed by atoms with Gasteiger partial charge in [0, 0.05) is 38.5 Å². The predicted molar refractivity (Wildman–Crippen MR) is 238 cm³/mol. The molecule has 11 atom stereocenters. The van der Waals surface area contributed by atoms with Crippen molar-refractivity contribution in [2.45, 2.75) is 146 Å². The lowest BCUT2D eigenvalue weighted by Gasteiger charge is -2.44. The van der Waals surface area contributed by atoms with Crippen LogP contribution in [0, 0.1) is 0 Å². The van der Waals surface area contributed by atoms with E-state index >= 15 is 0 Å². The van der Waals surface area contributed by atoms with E-state index in [0.717, 1.165) is 0 Å². The number of alkyl halides is 27. The Bertz CT molecular complexity index is 3650. The maximum atomic E-state index is 13.7. The number of allylic oxidation sites excluding steroid dienone is 1. The molecule has 61 heteroatoms. The maximum Gasteiger partial charge on any atom is 0.522 e. The first-order chi connectivity index (χ1) is 39.3. The van der Waals surface area contributed by atoms with Crippen molar-refractivity contribution in [3.05, 3.63) is 12.4 Å². The molecule has 23 nitrogen and oxygen atoms in total. The zero-order valence-corrected chi connectivity index (χ0v) is 50.8. The lowest BCUT2D eigenvalue weighted by molar-refractivity contribution is -0.356. The molecule has 544 valence electrons. The fraction of sp³-hybridized carbons (Fsp3) is 0.933. The molecular formula is C30H28Cl3F27O23S8. The molecule has 6 heterocycles. The lowest BCUT2D eigenvalue weighted by Crippen LogP contribution is -2.66. The second kappa shape index (κ2) is 26.4. The van der Waals surface area contributed by atoms with Crippen molar-refractivity contribution in [3.63, 3.8) is 0 Å². The summed E-state index contributed by atoms with van der Waals surface area (Å²) in [5.74, 6) is -4.52. The van der Waals surface area contributed by atoms with Gasteiger partial charge in [-0.1, -0.05) is 18.2 Å². The molecular weight excluding hydrogens is 1600 g/mol. The standard InChI is InChI=1S/C6H8Cl2F2O3S.C6H6ClF5O3S.C5H5F5O5S2.C5H4F4O3S.C4H2F6O4S.C4H3F5O5S2/c1-5(9)6(10,2-4(8)3-7)14(11,12)13-5;7-4(9,1-2-8)3-5(10)6(11,12)15-16(5,13)14;6-3(16(10,11)12)1-2-4(7)5(8,9)15-17(4,13)14;1-3(6)2-4(7)5(8,9)12-13(4,10)11;5-2(1-13-4(8,9)10)3(6,7)14-15(2,11)12;5-2(15(9,10)11)1-3(6)4(7,8)14-16(3,12)13/h4H,2-3H2,1H3;1-3H2;3H,1-2H2;1-2H2;1H2;2H,1H2. The van der Waals surface area contributed by atoms with E-state index in [1.807, 2.05) is 0 Å². The number of rotatable bonds is 18. The second-order valence-electron chi connectivity index (χ2n) is 17.5. The van der Waals surface area contributed by atoms with Crippen LogP contribution in [0.4, 0.5) is 118 Å². The Labute approximate surface area is 506 Å². The first kappa shape index (κ1) is 87.1. The molecule has 0 saturated carbocycles. The SMILES string of the molecule is C=C(F)CC1(F)C(F)(F)OS1(=O)=O.CC1(F)OS(=O)(=O)C1(F)CC(Cl)CCl.O=S(=O)(F)C(F)CC1(F)C(F)(F)OS1(=O)=O.O=S(=O)(F)C(F)CCC1(F)C(F)(F)OS1(=O)=O.O=S1(=O)OC(F)(F)C1(F)CC(F)(Cl)CCF.O=S1(=O)OC(F)(F)C1(F)COC(F)(F)F. The smallest absolute Gasteiger partial charge is 0.287 e. The first-order valence-corrected chi connectivity index (χ1v) is 33.8. The van der Waals surface area contributed by atoms with Gasteiger partial charge in [0.2, 0.25) is 11.0 Å². The predicted octanol–water partition coefficient (Wildman–Crippen LogP) is 8.38. The Kier molecular flexibility index (Phi) is 25.2.